The van der Waals surface area contributed by atoms with E-state index in [1.165, 1.54) is 0 Å². The van der Waals surface area contributed by atoms with Crippen molar-refractivity contribution >= 4 is 5.91 Å². The second-order valence-corrected chi connectivity index (χ2v) is 9.77. The Morgan fingerprint density at radius 1 is 0.440 bits per heavy atom. The Morgan fingerprint density at radius 3 is 1.18 bits per heavy atom. The van der Waals surface area contributed by atoms with Gasteiger partial charge in [0, 0.05) is 26.2 Å². The maximum absolute atomic E-state index is 11.8. The first kappa shape index (κ1) is 48.8. The first-order chi connectivity index (χ1) is 24.8. The van der Waals surface area contributed by atoms with Crippen LogP contribution in [0.2, 0.25) is 0 Å². The number of carbonyl (C=O) groups excluding carboxylic acids is 1. The van der Waals surface area contributed by atoms with Gasteiger partial charge in [0.25, 0.3) is 0 Å². The third-order valence-corrected chi connectivity index (χ3v) is 5.66. The van der Waals surface area contributed by atoms with Crippen LogP contribution < -0.4 is 5.32 Å². The molecule has 19 nitrogen and oxygen atoms in total. The van der Waals surface area contributed by atoms with Crippen molar-refractivity contribution in [2.24, 2.45) is 0 Å². The SMILES string of the molecule is CCCOCCOCCOCCCNC(=O)CCOCCOCCOCCOCCOCCOCCOCCOCCOCOOOCOO. The van der Waals surface area contributed by atoms with E-state index in [1.54, 1.807) is 0 Å². The van der Waals surface area contributed by atoms with E-state index >= 15 is 0 Å². The summed E-state index contributed by atoms with van der Waals surface area (Å²) >= 11 is 0. The van der Waals surface area contributed by atoms with E-state index in [2.05, 4.69) is 31.9 Å². The van der Waals surface area contributed by atoms with Gasteiger partial charge in [0.15, 0.2) is 6.79 Å². The Balaban J connectivity index is 3.12. The molecular formula is C31H63NO18. The number of nitrogens with one attached hydrogen (secondary N) is 1. The monoisotopic (exact) mass is 737 g/mol. The molecule has 0 unspecified atom stereocenters. The normalized spacial score (nSPS) is 11.5. The summed E-state index contributed by atoms with van der Waals surface area (Å²) in [7, 11) is 0. The van der Waals surface area contributed by atoms with E-state index in [4.69, 9.17) is 62.1 Å². The quantitative estimate of drug-likeness (QED) is 0.0384. The van der Waals surface area contributed by atoms with E-state index < -0.39 is 6.79 Å². The molecule has 1 amide bonds. The maximum Gasteiger partial charge on any atom is 0.222 e. The Kier molecular flexibility index (Phi) is 44.7. The van der Waals surface area contributed by atoms with Crippen LogP contribution in [0.3, 0.4) is 0 Å². The molecule has 2 N–H and O–H groups in total. The molecule has 0 saturated carbocycles. The highest BCUT2D eigenvalue weighted by Crippen LogP contribution is 1.90. The van der Waals surface area contributed by atoms with E-state index in [0.717, 1.165) is 19.4 Å². The molecule has 0 aliphatic heterocycles. The summed E-state index contributed by atoms with van der Waals surface area (Å²) in [6.45, 7) is 13.0. The second kappa shape index (κ2) is 45.8. The summed E-state index contributed by atoms with van der Waals surface area (Å²) in [6.07, 6.45) is 2.06. The van der Waals surface area contributed by atoms with Gasteiger partial charge in [-0.25, -0.2) is 10.1 Å². The van der Waals surface area contributed by atoms with Gasteiger partial charge >= 0.3 is 0 Å². The molecule has 0 heterocycles. The molecule has 0 fully saturated rings. The van der Waals surface area contributed by atoms with Crippen molar-refractivity contribution in [2.75, 3.05) is 172 Å². The highest BCUT2D eigenvalue weighted by atomic mass is 17.5. The van der Waals surface area contributed by atoms with E-state index in [0.29, 0.717) is 158 Å². The average molecular weight is 738 g/mol. The van der Waals surface area contributed by atoms with Gasteiger partial charge in [-0.2, -0.15) is 9.78 Å². The molecular weight excluding hydrogens is 674 g/mol. The van der Waals surface area contributed by atoms with E-state index in [-0.39, 0.29) is 12.7 Å². The third kappa shape index (κ3) is 44.8. The number of carbonyl (C=O) groups is 1. The molecule has 0 aromatic rings. The summed E-state index contributed by atoms with van der Waals surface area (Å²) in [5, 5.41) is 15.0. The highest BCUT2D eigenvalue weighted by molar-refractivity contribution is 5.75. The number of amides is 1. The standard InChI is InChI=1S/C31H63NO18/c1-2-6-35-9-12-38-13-10-36-7-3-5-32-31(33)4-8-37-11-14-39-15-16-40-17-18-41-19-20-42-21-22-43-23-24-44-25-26-45-27-28-46-29-48-50-49-30-47-34/h34H,2-30H2,1H3,(H,32,33). The average Bonchev–Trinajstić information content (AvgIpc) is 3.12. The Morgan fingerprint density at radius 2 is 0.780 bits per heavy atom. The molecule has 0 bridgehead atoms. The van der Waals surface area contributed by atoms with Gasteiger partial charge in [0.2, 0.25) is 12.7 Å². The minimum atomic E-state index is -0.479. The lowest BCUT2D eigenvalue weighted by Crippen LogP contribution is -2.26. The largest absolute Gasteiger partial charge is 0.379 e. The molecule has 0 aliphatic carbocycles. The Labute approximate surface area is 296 Å². The lowest BCUT2D eigenvalue weighted by Gasteiger charge is -2.09. The topological polar surface area (TPSA) is 197 Å². The maximum atomic E-state index is 11.8. The van der Waals surface area contributed by atoms with Gasteiger partial charge in [-0.15, -0.1) is 0 Å². The number of ether oxygens (including phenoxy) is 12. The zero-order valence-electron chi connectivity index (χ0n) is 29.9. The molecule has 0 aliphatic rings. The summed E-state index contributed by atoms with van der Waals surface area (Å²) in [5.41, 5.74) is 0. The van der Waals surface area contributed by atoms with Crippen LogP contribution in [-0.4, -0.2) is 183 Å². The molecule has 300 valence electrons. The van der Waals surface area contributed by atoms with Crippen molar-refractivity contribution in [3.05, 3.63) is 0 Å². The van der Waals surface area contributed by atoms with Crippen molar-refractivity contribution in [1.82, 2.24) is 5.32 Å². The van der Waals surface area contributed by atoms with Gasteiger partial charge < -0.3 is 62.2 Å². The van der Waals surface area contributed by atoms with Crippen LogP contribution in [0.1, 0.15) is 26.2 Å². The Hall–Kier alpha value is -1.21. The number of hydrogen-bond acceptors (Lipinski definition) is 18. The van der Waals surface area contributed by atoms with Gasteiger partial charge in [-0.3, -0.25) is 4.79 Å². The molecule has 19 heteroatoms. The lowest BCUT2D eigenvalue weighted by molar-refractivity contribution is -0.556. The number of hydrogen-bond donors (Lipinski definition) is 2. The Bertz CT molecular complexity index is 642. The van der Waals surface area contributed by atoms with Crippen LogP contribution in [0.15, 0.2) is 0 Å². The summed E-state index contributed by atoms with van der Waals surface area (Å²) in [5.74, 6) is -0.0460. The predicted octanol–water partition coefficient (Wildman–Crippen LogP) is 0.776. The molecule has 0 aromatic carbocycles. The minimum absolute atomic E-state index is 0.0460. The molecule has 0 rings (SSSR count). The first-order valence-electron chi connectivity index (χ1n) is 17.2. The first-order valence-corrected chi connectivity index (χ1v) is 17.2. The van der Waals surface area contributed by atoms with Crippen LogP contribution >= 0.6 is 0 Å². The zero-order chi connectivity index (χ0) is 36.1. The summed E-state index contributed by atoms with van der Waals surface area (Å²) in [6, 6.07) is 0. The third-order valence-electron chi connectivity index (χ3n) is 5.66. The minimum Gasteiger partial charge on any atom is -0.379 e. The summed E-state index contributed by atoms with van der Waals surface area (Å²) < 4.78 is 64.7. The molecule has 50 heavy (non-hydrogen) atoms. The van der Waals surface area contributed by atoms with Crippen molar-refractivity contribution in [3.63, 3.8) is 0 Å². The van der Waals surface area contributed by atoms with E-state index in [1.807, 2.05) is 0 Å². The van der Waals surface area contributed by atoms with Gasteiger partial charge in [0.05, 0.1) is 139 Å². The summed E-state index contributed by atoms with van der Waals surface area (Å²) in [4.78, 5) is 24.1. The van der Waals surface area contributed by atoms with Gasteiger partial charge in [-0.1, -0.05) is 12.0 Å². The van der Waals surface area contributed by atoms with E-state index in [9.17, 15) is 4.79 Å². The number of rotatable bonds is 45. The van der Waals surface area contributed by atoms with Crippen LogP contribution in [0.4, 0.5) is 0 Å². The lowest BCUT2D eigenvalue weighted by atomic mass is 10.4. The van der Waals surface area contributed by atoms with Crippen LogP contribution in [0.5, 0.6) is 0 Å². The molecule has 0 radical (unpaired) electrons. The smallest absolute Gasteiger partial charge is 0.222 e. The molecule has 0 saturated heterocycles. The van der Waals surface area contributed by atoms with Crippen molar-refractivity contribution in [1.29, 1.82) is 0 Å². The zero-order valence-corrected chi connectivity index (χ0v) is 29.9. The van der Waals surface area contributed by atoms with Crippen molar-refractivity contribution in [2.45, 2.75) is 26.2 Å². The van der Waals surface area contributed by atoms with Crippen LogP contribution in [-0.2, 0) is 81.3 Å². The fraction of sp³-hybridized carbons (Fsp3) is 0.968. The predicted molar refractivity (Wildman–Crippen MR) is 174 cm³/mol. The second-order valence-electron chi connectivity index (χ2n) is 9.77. The molecule has 0 spiro atoms. The van der Waals surface area contributed by atoms with Crippen molar-refractivity contribution in [3.8, 4) is 0 Å². The molecule has 0 aromatic heterocycles. The van der Waals surface area contributed by atoms with Gasteiger partial charge in [-0.05, 0) is 12.8 Å². The van der Waals surface area contributed by atoms with Crippen LogP contribution in [0.25, 0.3) is 0 Å². The highest BCUT2D eigenvalue weighted by Gasteiger charge is 2.01. The van der Waals surface area contributed by atoms with Crippen molar-refractivity contribution < 1.29 is 86.6 Å². The fourth-order valence-corrected chi connectivity index (χ4v) is 3.29. The molecule has 0 atom stereocenters. The van der Waals surface area contributed by atoms with Gasteiger partial charge in [0.1, 0.15) is 0 Å². The van der Waals surface area contributed by atoms with Crippen LogP contribution in [0, 0.1) is 0 Å². The fourth-order valence-electron chi connectivity index (χ4n) is 3.29.